The number of nitrogens with zero attached hydrogens (tertiary/aromatic N) is 4. The van der Waals surface area contributed by atoms with Gasteiger partial charge < -0.3 is 4.74 Å². The van der Waals surface area contributed by atoms with Crippen molar-refractivity contribution in [3.63, 3.8) is 0 Å². The lowest BCUT2D eigenvalue weighted by atomic mass is 10.1. The lowest BCUT2D eigenvalue weighted by Gasteiger charge is -2.05. The number of hydrogen-bond acceptors (Lipinski definition) is 5. The minimum Gasteiger partial charge on any atom is -0.497 e. The van der Waals surface area contributed by atoms with E-state index in [-0.39, 0.29) is 12.2 Å². The lowest BCUT2D eigenvalue weighted by Crippen LogP contribution is -2.06. The highest BCUT2D eigenvalue weighted by molar-refractivity contribution is 9.10. The first-order valence-corrected chi connectivity index (χ1v) is 5.99. The van der Waals surface area contributed by atoms with Crippen LogP contribution in [0.5, 0.6) is 5.75 Å². The summed E-state index contributed by atoms with van der Waals surface area (Å²) in [6.07, 6.45) is 0.111. The Kier molecular flexibility index (Phi) is 3.71. The van der Waals surface area contributed by atoms with Crippen LogP contribution in [0.15, 0.2) is 22.7 Å². The fourth-order valence-corrected chi connectivity index (χ4v) is 1.95. The summed E-state index contributed by atoms with van der Waals surface area (Å²) in [5, 5.41) is 11.4. The van der Waals surface area contributed by atoms with Gasteiger partial charge in [0.1, 0.15) is 5.75 Å². The van der Waals surface area contributed by atoms with Gasteiger partial charge in [0.15, 0.2) is 11.6 Å². The number of Topliss-reactive ketones (excluding diaryl/α,β-unsaturated/α-hetero) is 1. The third-order valence-corrected chi connectivity index (χ3v) is 3.03. The van der Waals surface area contributed by atoms with E-state index in [0.717, 1.165) is 4.47 Å². The zero-order valence-electron chi connectivity index (χ0n) is 9.92. The minimum absolute atomic E-state index is 0.0891. The van der Waals surface area contributed by atoms with E-state index in [1.807, 2.05) is 0 Å². The number of carbonyl (C=O) groups is 1. The Bertz CT molecular complexity index is 582. The molecule has 18 heavy (non-hydrogen) atoms. The van der Waals surface area contributed by atoms with Crippen LogP contribution in [0.3, 0.4) is 0 Å². The Hall–Kier alpha value is -1.76. The molecule has 0 N–H and O–H groups in total. The van der Waals surface area contributed by atoms with Gasteiger partial charge in [0.2, 0.25) is 0 Å². The summed E-state index contributed by atoms with van der Waals surface area (Å²) < 4.78 is 5.81. The lowest BCUT2D eigenvalue weighted by molar-refractivity contribution is 0.0989. The Morgan fingerprint density at radius 3 is 2.89 bits per heavy atom. The second-order valence-corrected chi connectivity index (χ2v) is 4.50. The molecule has 0 aliphatic rings. The highest BCUT2D eigenvalue weighted by Crippen LogP contribution is 2.23. The highest BCUT2D eigenvalue weighted by atomic mass is 79.9. The van der Waals surface area contributed by atoms with Crippen molar-refractivity contribution < 1.29 is 9.53 Å². The maximum Gasteiger partial charge on any atom is 0.182 e. The molecule has 0 fully saturated rings. The molecule has 0 spiro atoms. The molecule has 0 atom stereocenters. The number of aryl methyl sites for hydroxylation is 1. The second-order valence-electron chi connectivity index (χ2n) is 3.64. The molecule has 94 valence electrons. The molecule has 0 saturated carbocycles. The zero-order chi connectivity index (χ0) is 13.1. The summed E-state index contributed by atoms with van der Waals surface area (Å²) in [6.45, 7) is 0. The Labute approximate surface area is 112 Å². The Morgan fingerprint density at radius 1 is 1.50 bits per heavy atom. The predicted octanol–water partition coefficient (Wildman–Crippen LogP) is 1.41. The van der Waals surface area contributed by atoms with Crippen molar-refractivity contribution in [2.24, 2.45) is 7.05 Å². The van der Waals surface area contributed by atoms with Crippen molar-refractivity contribution in [3.05, 3.63) is 34.1 Å². The molecular formula is C11H11BrN4O2. The Balaban J connectivity index is 2.23. The second kappa shape index (κ2) is 5.26. The maximum absolute atomic E-state index is 12.1. The minimum atomic E-state index is -0.0891. The van der Waals surface area contributed by atoms with E-state index in [1.54, 1.807) is 32.4 Å². The van der Waals surface area contributed by atoms with Gasteiger partial charge in [0.05, 0.1) is 20.6 Å². The van der Waals surface area contributed by atoms with E-state index < -0.39 is 0 Å². The van der Waals surface area contributed by atoms with Crippen molar-refractivity contribution in [2.75, 3.05) is 7.11 Å². The van der Waals surface area contributed by atoms with E-state index in [0.29, 0.717) is 17.1 Å². The van der Waals surface area contributed by atoms with Crippen LogP contribution >= 0.6 is 15.9 Å². The number of hydrogen-bond donors (Lipinski definition) is 0. The first-order valence-electron chi connectivity index (χ1n) is 5.20. The van der Waals surface area contributed by atoms with Crippen molar-refractivity contribution >= 4 is 21.7 Å². The molecule has 2 aromatic rings. The molecule has 0 amide bonds. The molecule has 0 aliphatic heterocycles. The van der Waals surface area contributed by atoms with Gasteiger partial charge in [-0.1, -0.05) is 15.9 Å². The largest absolute Gasteiger partial charge is 0.497 e. The first kappa shape index (κ1) is 12.7. The summed E-state index contributed by atoms with van der Waals surface area (Å²) in [5.41, 5.74) is 0.543. The van der Waals surface area contributed by atoms with E-state index in [2.05, 4.69) is 31.3 Å². The third kappa shape index (κ3) is 2.73. The molecule has 0 radical (unpaired) electrons. The number of methoxy groups -OCH3 is 1. The molecule has 0 aliphatic carbocycles. The van der Waals surface area contributed by atoms with Crippen LogP contribution in [-0.4, -0.2) is 33.1 Å². The molecule has 2 rings (SSSR count). The average Bonchev–Trinajstić information content (AvgIpc) is 2.75. The summed E-state index contributed by atoms with van der Waals surface area (Å²) in [5.74, 6) is 0.944. The van der Waals surface area contributed by atoms with E-state index >= 15 is 0 Å². The van der Waals surface area contributed by atoms with Crippen LogP contribution in [0.2, 0.25) is 0 Å². The van der Waals surface area contributed by atoms with Crippen molar-refractivity contribution in [2.45, 2.75) is 6.42 Å². The number of tetrazole rings is 1. The average molecular weight is 311 g/mol. The SMILES string of the molecule is COc1ccc(Br)c(C(=O)Cc2nnn(C)n2)c1. The van der Waals surface area contributed by atoms with Gasteiger partial charge in [-0.25, -0.2) is 0 Å². The Morgan fingerprint density at radius 2 is 2.28 bits per heavy atom. The van der Waals surface area contributed by atoms with Crippen LogP contribution < -0.4 is 4.74 Å². The van der Waals surface area contributed by atoms with Gasteiger partial charge in [-0.15, -0.1) is 10.2 Å². The number of rotatable bonds is 4. The van der Waals surface area contributed by atoms with Crippen LogP contribution in [0.1, 0.15) is 16.2 Å². The number of carbonyl (C=O) groups excluding carboxylic acids is 1. The number of benzene rings is 1. The van der Waals surface area contributed by atoms with Crippen LogP contribution in [-0.2, 0) is 13.5 Å². The van der Waals surface area contributed by atoms with Crippen molar-refractivity contribution in [3.8, 4) is 5.75 Å². The van der Waals surface area contributed by atoms with E-state index in [1.165, 1.54) is 4.80 Å². The molecule has 1 heterocycles. The molecule has 0 bridgehead atoms. The summed E-state index contributed by atoms with van der Waals surface area (Å²) in [6, 6.07) is 5.24. The van der Waals surface area contributed by atoms with Gasteiger partial charge >= 0.3 is 0 Å². The third-order valence-electron chi connectivity index (χ3n) is 2.34. The quantitative estimate of drug-likeness (QED) is 0.799. The number of ether oxygens (including phenoxy) is 1. The smallest absolute Gasteiger partial charge is 0.182 e. The molecule has 7 heteroatoms. The standard InChI is InChI=1S/C11H11BrN4O2/c1-16-14-11(13-15-16)6-10(17)8-5-7(18-2)3-4-9(8)12/h3-5H,6H2,1-2H3. The van der Waals surface area contributed by atoms with Gasteiger partial charge in [-0.2, -0.15) is 4.80 Å². The zero-order valence-corrected chi connectivity index (χ0v) is 11.5. The predicted molar refractivity (Wildman–Crippen MR) is 67.5 cm³/mol. The normalized spacial score (nSPS) is 10.4. The van der Waals surface area contributed by atoms with Crippen LogP contribution in [0.4, 0.5) is 0 Å². The molecular weight excluding hydrogens is 300 g/mol. The molecule has 0 saturated heterocycles. The van der Waals surface area contributed by atoms with Gasteiger partial charge in [0.25, 0.3) is 0 Å². The van der Waals surface area contributed by atoms with E-state index in [4.69, 9.17) is 4.74 Å². The number of aromatic nitrogens is 4. The number of halogens is 1. The summed E-state index contributed by atoms with van der Waals surface area (Å²) >= 11 is 3.34. The monoisotopic (exact) mass is 310 g/mol. The van der Waals surface area contributed by atoms with Crippen LogP contribution in [0, 0.1) is 0 Å². The summed E-state index contributed by atoms with van der Waals surface area (Å²) in [7, 11) is 3.21. The molecule has 1 aromatic carbocycles. The van der Waals surface area contributed by atoms with Gasteiger partial charge in [-0.3, -0.25) is 4.79 Å². The molecule has 0 unspecified atom stereocenters. The molecule has 6 nitrogen and oxygen atoms in total. The first-order chi connectivity index (χ1) is 8.60. The van der Waals surface area contributed by atoms with Gasteiger partial charge in [0, 0.05) is 10.0 Å². The van der Waals surface area contributed by atoms with Gasteiger partial charge in [-0.05, 0) is 23.4 Å². The fourth-order valence-electron chi connectivity index (χ4n) is 1.48. The van der Waals surface area contributed by atoms with Crippen molar-refractivity contribution in [1.82, 2.24) is 20.2 Å². The topological polar surface area (TPSA) is 69.9 Å². The highest BCUT2D eigenvalue weighted by Gasteiger charge is 2.14. The summed E-state index contributed by atoms with van der Waals surface area (Å²) in [4.78, 5) is 13.4. The van der Waals surface area contributed by atoms with Crippen LogP contribution in [0.25, 0.3) is 0 Å². The van der Waals surface area contributed by atoms with E-state index in [9.17, 15) is 4.79 Å². The number of ketones is 1. The maximum atomic E-state index is 12.1. The molecule has 1 aromatic heterocycles. The van der Waals surface area contributed by atoms with Crippen molar-refractivity contribution in [1.29, 1.82) is 0 Å². The fraction of sp³-hybridized carbons (Fsp3) is 0.273.